The molecule has 1 aromatic rings. The first kappa shape index (κ1) is 18.7. The van der Waals surface area contributed by atoms with E-state index in [2.05, 4.69) is 26.8 Å². The predicted octanol–water partition coefficient (Wildman–Crippen LogP) is 4.43. The Hall–Kier alpha value is -2.36. The van der Waals surface area contributed by atoms with Crippen molar-refractivity contribution in [3.8, 4) is 0 Å². The zero-order valence-electron chi connectivity index (χ0n) is 14.3. The van der Waals surface area contributed by atoms with E-state index in [1.54, 1.807) is 17.0 Å². The maximum absolute atomic E-state index is 11.8. The van der Waals surface area contributed by atoms with Crippen LogP contribution in [0.5, 0.6) is 0 Å². The van der Waals surface area contributed by atoms with Gasteiger partial charge >= 0.3 is 5.97 Å². The molecule has 1 amide bonds. The van der Waals surface area contributed by atoms with Crippen LogP contribution in [0.3, 0.4) is 0 Å². The van der Waals surface area contributed by atoms with Gasteiger partial charge in [-0.25, -0.2) is 4.79 Å². The first-order valence-corrected chi connectivity index (χ1v) is 7.71. The summed E-state index contributed by atoms with van der Waals surface area (Å²) in [5.74, 6) is -1.04. The number of rotatable bonds is 7. The molecule has 0 spiro atoms. The van der Waals surface area contributed by atoms with E-state index >= 15 is 0 Å². The molecule has 0 heterocycles. The van der Waals surface area contributed by atoms with Crippen molar-refractivity contribution >= 4 is 17.6 Å². The molecule has 0 aliphatic carbocycles. The number of aromatic carboxylic acids is 1. The third kappa shape index (κ3) is 6.51. The van der Waals surface area contributed by atoms with Gasteiger partial charge in [0.25, 0.3) is 0 Å². The summed E-state index contributed by atoms with van der Waals surface area (Å²) in [7, 11) is 0. The van der Waals surface area contributed by atoms with Crippen LogP contribution in [0.15, 0.2) is 47.6 Å². The molecular formula is C19H25NO3. The number of nitrogens with zero attached hydrogens (tertiary/aromatic N) is 1. The number of hydrogen-bond acceptors (Lipinski definition) is 2. The number of carbonyl (C=O) groups is 2. The lowest BCUT2D eigenvalue weighted by Crippen LogP contribution is -2.28. The van der Waals surface area contributed by atoms with E-state index < -0.39 is 5.97 Å². The van der Waals surface area contributed by atoms with Crippen molar-refractivity contribution in [1.82, 2.24) is 0 Å². The lowest BCUT2D eigenvalue weighted by molar-refractivity contribution is -0.116. The topological polar surface area (TPSA) is 57.6 Å². The van der Waals surface area contributed by atoms with Crippen LogP contribution in [0.2, 0.25) is 0 Å². The highest BCUT2D eigenvalue weighted by Crippen LogP contribution is 2.17. The Bertz CT molecular complexity index is 608. The molecule has 1 aromatic carbocycles. The summed E-state index contributed by atoms with van der Waals surface area (Å²) < 4.78 is 0. The zero-order chi connectivity index (χ0) is 17.4. The van der Waals surface area contributed by atoms with Gasteiger partial charge < -0.3 is 10.0 Å². The van der Waals surface area contributed by atoms with Gasteiger partial charge in [-0.3, -0.25) is 4.79 Å². The van der Waals surface area contributed by atoms with Crippen molar-refractivity contribution in [1.29, 1.82) is 0 Å². The summed E-state index contributed by atoms with van der Waals surface area (Å²) in [6.45, 7) is 8.22. The summed E-state index contributed by atoms with van der Waals surface area (Å²) >= 11 is 0. The number of hydrogen-bond donors (Lipinski definition) is 1. The summed E-state index contributed by atoms with van der Waals surface area (Å²) in [5.41, 5.74) is 3.46. The monoisotopic (exact) mass is 315 g/mol. The van der Waals surface area contributed by atoms with Crippen LogP contribution >= 0.6 is 0 Å². The standard InChI is InChI=1S/C19H25NO3/c1-14(2)6-5-7-15(3)12-13-20(16(4)21)18-10-8-17(9-11-18)19(22)23/h6,8-12H,5,7,13H2,1-4H3,(H,22,23). The van der Waals surface area contributed by atoms with E-state index in [1.165, 1.54) is 30.2 Å². The Labute approximate surface area is 138 Å². The molecule has 4 nitrogen and oxygen atoms in total. The van der Waals surface area contributed by atoms with Gasteiger partial charge in [0.1, 0.15) is 0 Å². The van der Waals surface area contributed by atoms with E-state index in [4.69, 9.17) is 5.11 Å². The minimum atomic E-state index is -0.971. The average Bonchev–Trinajstić information content (AvgIpc) is 2.47. The van der Waals surface area contributed by atoms with Gasteiger partial charge in [-0.05, 0) is 57.9 Å². The molecule has 4 heteroatoms. The summed E-state index contributed by atoms with van der Waals surface area (Å²) in [4.78, 5) is 24.4. The van der Waals surface area contributed by atoms with Crippen molar-refractivity contribution in [3.63, 3.8) is 0 Å². The van der Waals surface area contributed by atoms with Crippen molar-refractivity contribution < 1.29 is 14.7 Å². The first-order chi connectivity index (χ1) is 10.8. The molecule has 0 saturated carbocycles. The zero-order valence-corrected chi connectivity index (χ0v) is 14.3. The SMILES string of the molecule is CC(=O)N(CC=C(C)CCC=C(C)C)c1ccc(C(=O)O)cc1. The first-order valence-electron chi connectivity index (χ1n) is 7.71. The van der Waals surface area contributed by atoms with Gasteiger partial charge in [-0.15, -0.1) is 0 Å². The van der Waals surface area contributed by atoms with Crippen molar-refractivity contribution in [2.24, 2.45) is 0 Å². The van der Waals surface area contributed by atoms with Crippen LogP contribution < -0.4 is 4.90 Å². The molecule has 0 unspecified atom stereocenters. The van der Waals surface area contributed by atoms with Gasteiger partial charge in [0.15, 0.2) is 0 Å². The predicted molar refractivity (Wildman–Crippen MR) is 93.9 cm³/mol. The van der Waals surface area contributed by atoms with Crippen LogP contribution in [0.1, 0.15) is 50.9 Å². The fourth-order valence-electron chi connectivity index (χ4n) is 2.14. The fraction of sp³-hybridized carbons (Fsp3) is 0.368. The van der Waals surface area contributed by atoms with Crippen LogP contribution in [0.25, 0.3) is 0 Å². The molecule has 0 saturated heterocycles. The van der Waals surface area contributed by atoms with Crippen molar-refractivity contribution in [2.75, 3.05) is 11.4 Å². The quantitative estimate of drug-likeness (QED) is 0.757. The van der Waals surface area contributed by atoms with Crippen molar-refractivity contribution in [2.45, 2.75) is 40.5 Å². The molecular weight excluding hydrogens is 290 g/mol. The molecule has 1 rings (SSSR count). The molecule has 0 atom stereocenters. The summed E-state index contributed by atoms with van der Waals surface area (Å²) in [5, 5.41) is 8.93. The number of benzene rings is 1. The molecule has 23 heavy (non-hydrogen) atoms. The van der Waals surface area contributed by atoms with Crippen LogP contribution in [-0.2, 0) is 4.79 Å². The van der Waals surface area contributed by atoms with Crippen LogP contribution in [0, 0.1) is 0 Å². The molecule has 0 aromatic heterocycles. The number of carboxylic acids is 1. The molecule has 124 valence electrons. The molecule has 0 aliphatic heterocycles. The Morgan fingerprint density at radius 1 is 1.04 bits per heavy atom. The summed E-state index contributed by atoms with van der Waals surface area (Å²) in [6, 6.07) is 6.35. The highest BCUT2D eigenvalue weighted by atomic mass is 16.4. The van der Waals surface area contributed by atoms with E-state index in [0.717, 1.165) is 12.8 Å². The third-order valence-corrected chi connectivity index (χ3v) is 3.52. The largest absolute Gasteiger partial charge is 0.478 e. The normalized spacial score (nSPS) is 11.0. The Balaban J connectivity index is 2.77. The molecule has 0 bridgehead atoms. The maximum atomic E-state index is 11.8. The van der Waals surface area contributed by atoms with Crippen molar-refractivity contribution in [3.05, 3.63) is 53.1 Å². The van der Waals surface area contributed by atoms with E-state index in [9.17, 15) is 9.59 Å². The fourth-order valence-corrected chi connectivity index (χ4v) is 2.14. The third-order valence-electron chi connectivity index (χ3n) is 3.52. The van der Waals surface area contributed by atoms with Gasteiger partial charge in [-0.1, -0.05) is 23.3 Å². The minimum Gasteiger partial charge on any atom is -0.478 e. The lowest BCUT2D eigenvalue weighted by Gasteiger charge is -2.20. The maximum Gasteiger partial charge on any atom is 0.335 e. The second-order valence-electron chi connectivity index (χ2n) is 5.85. The molecule has 1 N–H and O–H groups in total. The number of allylic oxidation sites excluding steroid dienone is 3. The van der Waals surface area contributed by atoms with Gasteiger partial charge in [-0.2, -0.15) is 0 Å². The van der Waals surface area contributed by atoms with E-state index in [1.807, 2.05) is 6.08 Å². The van der Waals surface area contributed by atoms with Crippen LogP contribution in [0.4, 0.5) is 5.69 Å². The highest BCUT2D eigenvalue weighted by molar-refractivity contribution is 5.93. The molecule has 0 fully saturated rings. The second kappa shape index (κ2) is 8.93. The lowest BCUT2D eigenvalue weighted by atomic mass is 10.1. The minimum absolute atomic E-state index is 0.0681. The second-order valence-corrected chi connectivity index (χ2v) is 5.85. The number of amides is 1. The van der Waals surface area contributed by atoms with Crippen LogP contribution in [-0.4, -0.2) is 23.5 Å². The van der Waals surface area contributed by atoms with Gasteiger partial charge in [0, 0.05) is 19.2 Å². The molecule has 0 aliphatic rings. The summed E-state index contributed by atoms with van der Waals surface area (Å²) in [6.07, 6.45) is 6.21. The number of carbonyl (C=O) groups excluding carboxylic acids is 1. The average molecular weight is 315 g/mol. The number of anilines is 1. The Morgan fingerprint density at radius 3 is 2.13 bits per heavy atom. The Kier molecular flexibility index (Phi) is 7.26. The smallest absolute Gasteiger partial charge is 0.335 e. The van der Waals surface area contributed by atoms with Gasteiger partial charge in [0.2, 0.25) is 5.91 Å². The van der Waals surface area contributed by atoms with Gasteiger partial charge in [0.05, 0.1) is 5.56 Å². The molecule has 0 radical (unpaired) electrons. The van der Waals surface area contributed by atoms with E-state index in [-0.39, 0.29) is 11.5 Å². The highest BCUT2D eigenvalue weighted by Gasteiger charge is 2.11. The van der Waals surface area contributed by atoms with E-state index in [0.29, 0.717) is 12.2 Å². The number of carboxylic acid groups (broad SMARTS) is 1. The Morgan fingerprint density at radius 2 is 1.65 bits per heavy atom.